The number of allylic oxidation sites excluding steroid dienone is 1. The third kappa shape index (κ3) is 4.46. The van der Waals surface area contributed by atoms with E-state index < -0.39 is 42.6 Å². The van der Waals surface area contributed by atoms with Gasteiger partial charge in [0.1, 0.15) is 5.76 Å². The van der Waals surface area contributed by atoms with Gasteiger partial charge in [0.05, 0.1) is 5.19 Å². The van der Waals surface area contributed by atoms with Crippen molar-refractivity contribution < 1.29 is 26.4 Å². The van der Waals surface area contributed by atoms with Crippen LogP contribution in [0.5, 0.6) is 0 Å². The molecule has 0 aliphatic heterocycles. The number of hydrogen-bond donors (Lipinski definition) is 0. The molecule has 0 amide bonds. The second-order valence-corrected chi connectivity index (χ2v) is 10.9. The molecule has 0 aromatic heterocycles. The normalized spacial score (nSPS) is 12.2. The molecular weight excluding hydrogens is 415 g/mol. The van der Waals surface area contributed by atoms with Crippen molar-refractivity contribution in [3.63, 3.8) is 0 Å². The molecule has 0 radical (unpaired) electrons. The monoisotopic (exact) mass is 434 g/mol. The first-order chi connectivity index (χ1) is 14.2. The zero-order chi connectivity index (χ0) is 21.9. The first-order valence-corrected chi connectivity index (χ1v) is 12.1. The van der Waals surface area contributed by atoms with E-state index in [-0.39, 0.29) is 0 Å². The predicted molar refractivity (Wildman–Crippen MR) is 109 cm³/mol. The van der Waals surface area contributed by atoms with Crippen LogP contribution in [0.1, 0.15) is 11.1 Å². The Bertz CT molecular complexity index is 1040. The van der Waals surface area contributed by atoms with Crippen LogP contribution in [-0.4, -0.2) is 8.32 Å². The molecule has 0 bridgehead atoms. The molecule has 0 unspecified atom stereocenters. The lowest BCUT2D eigenvalue weighted by Crippen LogP contribution is -2.49. The van der Waals surface area contributed by atoms with Crippen molar-refractivity contribution in [3.8, 4) is 0 Å². The molecule has 0 fully saturated rings. The van der Waals surface area contributed by atoms with Crippen LogP contribution < -0.4 is 5.19 Å². The smallest absolute Gasteiger partial charge is 0.282 e. The molecular formula is C23H19F5OSi. The molecule has 3 aromatic rings. The standard InChI is InChI=1S/C23H19F5OSi/c1-30(2,23-21(27)19(25)18(24)20(26)22(23)28)29-17(16-11-7-4-8-12-16)14-13-15-9-5-3-6-10-15/h3-12,14H,13H2,1-2H3. The van der Waals surface area contributed by atoms with Crippen molar-refractivity contribution in [1.29, 1.82) is 0 Å². The summed E-state index contributed by atoms with van der Waals surface area (Å²) in [5.74, 6) is -9.50. The molecule has 3 rings (SSSR count). The maximum atomic E-state index is 14.4. The maximum absolute atomic E-state index is 14.4. The van der Waals surface area contributed by atoms with E-state index in [4.69, 9.17) is 4.43 Å². The summed E-state index contributed by atoms with van der Waals surface area (Å²) < 4.78 is 75.8. The molecule has 0 N–H and O–H groups in total. The Morgan fingerprint density at radius 2 is 1.20 bits per heavy atom. The Labute approximate surface area is 172 Å². The summed E-state index contributed by atoms with van der Waals surface area (Å²) in [6, 6.07) is 18.3. The van der Waals surface area contributed by atoms with E-state index in [0.717, 1.165) is 5.56 Å². The number of rotatable bonds is 6. The summed E-state index contributed by atoms with van der Waals surface area (Å²) in [5, 5.41) is -0.888. The molecule has 0 aliphatic carbocycles. The predicted octanol–water partition coefficient (Wildman–Crippen LogP) is 6.09. The van der Waals surface area contributed by atoms with Gasteiger partial charge in [-0.1, -0.05) is 60.7 Å². The van der Waals surface area contributed by atoms with Crippen molar-refractivity contribution in [1.82, 2.24) is 0 Å². The highest BCUT2D eigenvalue weighted by molar-refractivity contribution is 6.85. The summed E-state index contributed by atoms with van der Waals surface area (Å²) in [6.45, 7) is 2.79. The van der Waals surface area contributed by atoms with Crippen LogP contribution in [0, 0.1) is 29.1 Å². The van der Waals surface area contributed by atoms with Crippen molar-refractivity contribution >= 4 is 19.3 Å². The lowest BCUT2D eigenvalue weighted by molar-refractivity contribution is 0.381. The Kier molecular flexibility index (Phi) is 6.41. The molecule has 0 atom stereocenters. The zero-order valence-corrected chi connectivity index (χ0v) is 17.4. The minimum atomic E-state index is -3.60. The van der Waals surface area contributed by atoms with Crippen molar-refractivity contribution in [2.24, 2.45) is 0 Å². The van der Waals surface area contributed by atoms with Crippen molar-refractivity contribution in [2.75, 3.05) is 0 Å². The molecule has 0 saturated heterocycles. The number of benzene rings is 3. The first kappa shape index (κ1) is 21.8. The van der Waals surface area contributed by atoms with E-state index in [1.54, 1.807) is 36.4 Å². The highest BCUT2D eigenvalue weighted by Gasteiger charge is 2.40. The lowest BCUT2D eigenvalue weighted by Gasteiger charge is -2.27. The van der Waals surface area contributed by atoms with E-state index in [1.165, 1.54) is 13.1 Å². The summed E-state index contributed by atoms with van der Waals surface area (Å²) in [4.78, 5) is 0. The third-order valence-corrected chi connectivity index (χ3v) is 6.97. The lowest BCUT2D eigenvalue weighted by atomic mass is 10.1. The van der Waals surface area contributed by atoms with Crippen LogP contribution in [0.2, 0.25) is 13.1 Å². The van der Waals surface area contributed by atoms with Crippen LogP contribution >= 0.6 is 0 Å². The first-order valence-electron chi connectivity index (χ1n) is 9.23. The minimum Gasteiger partial charge on any atom is -0.539 e. The summed E-state index contributed by atoms with van der Waals surface area (Å²) in [7, 11) is -3.60. The Hall–Kier alpha value is -2.93. The van der Waals surface area contributed by atoms with Crippen LogP contribution in [0.15, 0.2) is 66.7 Å². The fraction of sp³-hybridized carbons (Fsp3) is 0.130. The Balaban J connectivity index is 2.04. The van der Waals surface area contributed by atoms with Gasteiger partial charge in [-0.2, -0.15) is 0 Å². The van der Waals surface area contributed by atoms with E-state index in [0.29, 0.717) is 17.7 Å². The molecule has 0 aliphatic rings. The fourth-order valence-electron chi connectivity index (χ4n) is 3.10. The molecule has 0 spiro atoms. The fourth-order valence-corrected chi connectivity index (χ4v) is 5.23. The van der Waals surface area contributed by atoms with Gasteiger partial charge < -0.3 is 4.43 Å². The average Bonchev–Trinajstić information content (AvgIpc) is 2.75. The number of hydrogen-bond acceptors (Lipinski definition) is 1. The summed E-state index contributed by atoms with van der Waals surface area (Å²) in [5.41, 5.74) is 1.61. The second-order valence-electron chi connectivity index (χ2n) is 7.18. The van der Waals surface area contributed by atoms with Gasteiger partial charge >= 0.3 is 0 Å². The molecule has 156 valence electrons. The average molecular weight is 434 g/mol. The van der Waals surface area contributed by atoms with Crippen LogP contribution in [0.4, 0.5) is 22.0 Å². The van der Waals surface area contributed by atoms with E-state index >= 15 is 0 Å². The van der Waals surface area contributed by atoms with E-state index in [2.05, 4.69) is 0 Å². The Morgan fingerprint density at radius 1 is 0.733 bits per heavy atom. The molecule has 1 nitrogen and oxygen atoms in total. The zero-order valence-electron chi connectivity index (χ0n) is 16.4. The van der Waals surface area contributed by atoms with Gasteiger partial charge in [-0.15, -0.1) is 0 Å². The van der Waals surface area contributed by atoms with Crippen molar-refractivity contribution in [2.45, 2.75) is 19.5 Å². The van der Waals surface area contributed by atoms with Crippen LogP contribution in [-0.2, 0) is 10.8 Å². The molecule has 7 heteroatoms. The van der Waals surface area contributed by atoms with Crippen LogP contribution in [0.25, 0.3) is 5.76 Å². The van der Waals surface area contributed by atoms with Gasteiger partial charge in [-0.25, -0.2) is 22.0 Å². The quantitative estimate of drug-likeness (QED) is 0.150. The van der Waals surface area contributed by atoms with Gasteiger partial charge in [-0.3, -0.25) is 0 Å². The van der Waals surface area contributed by atoms with Gasteiger partial charge in [0.25, 0.3) is 8.32 Å². The molecule has 30 heavy (non-hydrogen) atoms. The summed E-state index contributed by atoms with van der Waals surface area (Å²) in [6.07, 6.45) is 2.21. The number of halogens is 5. The maximum Gasteiger partial charge on any atom is 0.282 e. The van der Waals surface area contributed by atoms with Crippen LogP contribution in [0.3, 0.4) is 0 Å². The Morgan fingerprint density at radius 3 is 1.73 bits per heavy atom. The van der Waals surface area contributed by atoms with Gasteiger partial charge in [0.2, 0.25) is 5.82 Å². The summed E-state index contributed by atoms with van der Waals surface area (Å²) >= 11 is 0. The van der Waals surface area contributed by atoms with Crippen molar-refractivity contribution in [3.05, 3.63) is 107 Å². The third-order valence-electron chi connectivity index (χ3n) is 4.60. The highest BCUT2D eigenvalue weighted by Crippen LogP contribution is 2.26. The minimum absolute atomic E-state index is 0.320. The molecule has 3 aromatic carbocycles. The highest BCUT2D eigenvalue weighted by atomic mass is 28.4. The van der Waals surface area contributed by atoms with Gasteiger partial charge in [0.15, 0.2) is 23.3 Å². The SMILES string of the molecule is C[Si](C)(OC(=CCc1ccccc1)c1ccccc1)c1c(F)c(F)c(F)c(F)c1F. The molecule has 0 saturated carbocycles. The van der Waals surface area contributed by atoms with E-state index in [9.17, 15) is 22.0 Å². The molecule has 0 heterocycles. The van der Waals surface area contributed by atoms with E-state index in [1.807, 2.05) is 30.3 Å². The second kappa shape index (κ2) is 8.83. The van der Waals surface area contributed by atoms with Gasteiger partial charge in [-0.05, 0) is 31.2 Å². The van der Waals surface area contributed by atoms with Gasteiger partial charge in [0, 0.05) is 5.56 Å². The largest absolute Gasteiger partial charge is 0.539 e. The topological polar surface area (TPSA) is 9.23 Å².